The summed E-state index contributed by atoms with van der Waals surface area (Å²) >= 11 is 0. The zero-order chi connectivity index (χ0) is 24.3. The molecule has 1 saturated heterocycles. The Morgan fingerprint density at radius 3 is 2.31 bits per heavy atom. The van der Waals surface area contributed by atoms with Crippen molar-refractivity contribution in [2.45, 2.75) is 37.8 Å². The maximum atomic E-state index is 11.9. The molecule has 3 heterocycles. The Morgan fingerprint density at radius 2 is 1.88 bits per heavy atom. The molecule has 0 spiro atoms. The highest BCUT2D eigenvalue weighted by Crippen LogP contribution is 2.28. The fraction of sp³-hybridized carbons (Fsp3) is 0.444. The third kappa shape index (κ3) is 8.95. The van der Waals surface area contributed by atoms with Crippen LogP contribution in [0.2, 0.25) is 0 Å². The normalized spacial score (nSPS) is 20.1. The van der Waals surface area contributed by atoms with Crippen LogP contribution in [0.15, 0.2) is 30.6 Å². The predicted molar refractivity (Wildman–Crippen MR) is 98.6 cm³/mol. The zero-order valence-electron chi connectivity index (χ0n) is 16.9. The van der Waals surface area contributed by atoms with Crippen LogP contribution in [0.25, 0.3) is 0 Å². The van der Waals surface area contributed by atoms with Gasteiger partial charge in [0.2, 0.25) is 5.88 Å². The Labute approximate surface area is 179 Å². The Morgan fingerprint density at radius 1 is 1.19 bits per heavy atom. The number of hydrogen-bond donors (Lipinski definition) is 3. The number of aromatic carboxylic acids is 1. The second-order valence-electron chi connectivity index (χ2n) is 6.11. The van der Waals surface area contributed by atoms with Gasteiger partial charge in [0.15, 0.2) is 5.69 Å². The van der Waals surface area contributed by atoms with Crippen LogP contribution in [-0.2, 0) is 10.9 Å². The molecule has 0 aliphatic carbocycles. The number of methoxy groups -OCH3 is 1. The number of carboxylic acids is 1. The van der Waals surface area contributed by atoms with Crippen molar-refractivity contribution in [3.63, 3.8) is 0 Å². The predicted octanol–water partition coefficient (Wildman–Crippen LogP) is 2.06. The van der Waals surface area contributed by atoms with Crippen LogP contribution in [0.4, 0.5) is 17.7 Å². The number of aliphatic hydroxyl groups excluding tert-OH is 2. The minimum Gasteiger partial charge on any atom is -0.480 e. The van der Waals surface area contributed by atoms with E-state index < -0.39 is 35.9 Å². The largest absolute Gasteiger partial charge is 0.480 e. The van der Waals surface area contributed by atoms with Crippen molar-refractivity contribution in [3.8, 4) is 11.8 Å². The number of rotatable bonds is 3. The van der Waals surface area contributed by atoms with Crippen LogP contribution in [0.3, 0.4) is 0 Å². The third-order valence-corrected chi connectivity index (χ3v) is 3.82. The number of carbonyl (C=O) groups is 1. The molecule has 14 heteroatoms. The van der Waals surface area contributed by atoms with Crippen molar-refractivity contribution in [1.29, 1.82) is 0 Å². The minimum atomic E-state index is -4.57. The van der Waals surface area contributed by atoms with Crippen molar-refractivity contribution < 1.29 is 52.2 Å². The molecule has 178 valence electrons. The standard InChI is InChI=1S/C6H3F4NO.C6H6N2O3.C6H12O3/c7-6(8,9)4-2-1-3-5(11-4)12-10;1-11-5-3-7-4(2-8-5)6(9)10;1-4-6(8)5(7)2-3-9-4/h1-3H;2-3H,1H3,(H,9,10);4-8H,2-3H2,1H3. The lowest BCUT2D eigenvalue weighted by atomic mass is 10.0. The number of nitrogens with zero attached hydrogens (tertiary/aromatic N) is 3. The molecule has 1 aliphatic rings. The summed E-state index contributed by atoms with van der Waals surface area (Å²) in [4.78, 5) is 23.4. The summed E-state index contributed by atoms with van der Waals surface area (Å²) in [5.74, 6) is -1.50. The summed E-state index contributed by atoms with van der Waals surface area (Å²) in [6, 6.07) is 2.71. The Bertz CT molecular complexity index is 830. The van der Waals surface area contributed by atoms with Gasteiger partial charge in [-0.3, -0.25) is 4.94 Å². The first-order valence-corrected chi connectivity index (χ1v) is 8.89. The number of carboxylic acid groups (broad SMARTS) is 1. The first-order valence-electron chi connectivity index (χ1n) is 8.89. The molecule has 0 amide bonds. The molecule has 10 nitrogen and oxygen atoms in total. The van der Waals surface area contributed by atoms with E-state index in [1.54, 1.807) is 6.92 Å². The van der Waals surface area contributed by atoms with Crippen molar-refractivity contribution >= 4 is 5.97 Å². The van der Waals surface area contributed by atoms with Gasteiger partial charge in [0, 0.05) is 17.2 Å². The summed E-state index contributed by atoms with van der Waals surface area (Å²) in [7, 11) is 1.43. The second-order valence-corrected chi connectivity index (χ2v) is 6.11. The first-order chi connectivity index (χ1) is 15.0. The summed E-state index contributed by atoms with van der Waals surface area (Å²) < 4.78 is 56.7. The Kier molecular flexibility index (Phi) is 10.7. The molecule has 0 bridgehead atoms. The van der Waals surface area contributed by atoms with E-state index in [9.17, 15) is 22.5 Å². The van der Waals surface area contributed by atoms with Gasteiger partial charge in [-0.25, -0.2) is 19.7 Å². The molecule has 32 heavy (non-hydrogen) atoms. The van der Waals surface area contributed by atoms with Gasteiger partial charge in [-0.05, 0) is 19.4 Å². The number of ether oxygens (including phenoxy) is 2. The maximum absolute atomic E-state index is 11.9. The average Bonchev–Trinajstić information content (AvgIpc) is 2.78. The zero-order valence-corrected chi connectivity index (χ0v) is 16.9. The van der Waals surface area contributed by atoms with E-state index in [-0.39, 0.29) is 11.8 Å². The number of alkyl halides is 3. The van der Waals surface area contributed by atoms with Gasteiger partial charge in [-0.2, -0.15) is 13.2 Å². The average molecular weight is 467 g/mol. The van der Waals surface area contributed by atoms with Gasteiger partial charge in [0.05, 0.1) is 31.7 Å². The van der Waals surface area contributed by atoms with Crippen LogP contribution in [0.5, 0.6) is 11.8 Å². The van der Waals surface area contributed by atoms with Crippen molar-refractivity contribution in [2.75, 3.05) is 13.7 Å². The van der Waals surface area contributed by atoms with Crippen LogP contribution >= 0.6 is 0 Å². The molecule has 1 fully saturated rings. The van der Waals surface area contributed by atoms with E-state index in [0.717, 1.165) is 24.4 Å². The Balaban J connectivity index is 0.000000242. The van der Waals surface area contributed by atoms with E-state index in [0.29, 0.717) is 18.9 Å². The molecule has 3 unspecified atom stereocenters. The summed E-state index contributed by atoms with van der Waals surface area (Å²) in [5.41, 5.74) is -1.27. The second kappa shape index (κ2) is 12.7. The quantitative estimate of drug-likeness (QED) is 0.574. The fourth-order valence-corrected chi connectivity index (χ4v) is 2.10. The van der Waals surface area contributed by atoms with Crippen LogP contribution in [0, 0.1) is 0 Å². The summed E-state index contributed by atoms with van der Waals surface area (Å²) in [6.07, 6.45) is -3.13. The molecule has 1 aliphatic heterocycles. The van der Waals surface area contributed by atoms with E-state index in [2.05, 4.69) is 24.6 Å². The summed E-state index contributed by atoms with van der Waals surface area (Å²) in [6.45, 7) is 2.31. The number of hydrogen-bond acceptors (Lipinski definition) is 9. The molecule has 3 rings (SSSR count). The smallest absolute Gasteiger partial charge is 0.433 e. The van der Waals surface area contributed by atoms with Gasteiger partial charge in [0.1, 0.15) is 11.8 Å². The molecule has 0 aromatic carbocycles. The van der Waals surface area contributed by atoms with E-state index in [1.807, 2.05) is 0 Å². The van der Waals surface area contributed by atoms with Crippen LogP contribution in [0.1, 0.15) is 29.5 Å². The lowest BCUT2D eigenvalue weighted by molar-refractivity contribution is -0.142. The Hall–Kier alpha value is -3.10. The van der Waals surface area contributed by atoms with Crippen LogP contribution in [-0.4, -0.2) is 68.3 Å². The van der Waals surface area contributed by atoms with Gasteiger partial charge in [-0.15, -0.1) is 0 Å². The molecule has 3 atom stereocenters. The SMILES string of the molecule is CC1OCCC(O)C1O.COc1cnc(C(=O)O)cn1.FOc1cccc(C(F)(F)F)n1. The van der Waals surface area contributed by atoms with E-state index in [4.69, 9.17) is 20.1 Å². The van der Waals surface area contributed by atoms with Gasteiger partial charge < -0.3 is 24.8 Å². The highest BCUT2D eigenvalue weighted by atomic mass is 19.4. The van der Waals surface area contributed by atoms with Gasteiger partial charge in [-0.1, -0.05) is 6.07 Å². The monoisotopic (exact) mass is 467 g/mol. The molecule has 0 radical (unpaired) electrons. The maximum Gasteiger partial charge on any atom is 0.433 e. The number of pyridine rings is 1. The van der Waals surface area contributed by atoms with Gasteiger partial charge >= 0.3 is 12.1 Å². The third-order valence-electron chi connectivity index (χ3n) is 3.82. The molecule has 2 aromatic rings. The topological polar surface area (TPSA) is 144 Å². The summed E-state index contributed by atoms with van der Waals surface area (Å²) in [5, 5.41) is 26.5. The fourth-order valence-electron chi connectivity index (χ4n) is 2.10. The minimum absolute atomic E-state index is 0.0919. The molecule has 0 saturated carbocycles. The van der Waals surface area contributed by atoms with Crippen molar-refractivity contribution in [1.82, 2.24) is 15.0 Å². The van der Waals surface area contributed by atoms with E-state index >= 15 is 0 Å². The molecular formula is C18H21F4N3O7. The molecule has 2 aromatic heterocycles. The van der Waals surface area contributed by atoms with E-state index in [1.165, 1.54) is 13.3 Å². The highest BCUT2D eigenvalue weighted by Gasteiger charge is 2.32. The number of halogens is 4. The molecular weight excluding hydrogens is 446 g/mol. The lowest BCUT2D eigenvalue weighted by Gasteiger charge is -2.29. The molecule has 3 N–H and O–H groups in total. The van der Waals surface area contributed by atoms with Gasteiger partial charge in [0.25, 0.3) is 5.88 Å². The lowest BCUT2D eigenvalue weighted by Crippen LogP contribution is -2.42. The first kappa shape index (κ1) is 26.9. The van der Waals surface area contributed by atoms with Crippen LogP contribution < -0.4 is 9.68 Å². The van der Waals surface area contributed by atoms with Crippen molar-refractivity contribution in [2.24, 2.45) is 0 Å². The highest BCUT2D eigenvalue weighted by molar-refractivity contribution is 5.84. The number of aliphatic hydroxyl groups is 2. The number of aromatic nitrogens is 3. The van der Waals surface area contributed by atoms with Crippen molar-refractivity contribution in [3.05, 3.63) is 42.0 Å².